The van der Waals surface area contributed by atoms with Crippen molar-refractivity contribution in [1.82, 2.24) is 9.97 Å². The molecule has 0 aliphatic carbocycles. The van der Waals surface area contributed by atoms with Gasteiger partial charge in [0, 0.05) is 11.1 Å². The summed E-state index contributed by atoms with van der Waals surface area (Å²) < 4.78 is 0.971. The van der Waals surface area contributed by atoms with Crippen molar-refractivity contribution < 1.29 is 4.79 Å². The summed E-state index contributed by atoms with van der Waals surface area (Å²) in [5, 5.41) is 2.66. The third kappa shape index (κ3) is 0.793. The van der Waals surface area contributed by atoms with Gasteiger partial charge in [-0.2, -0.15) is 0 Å². The highest BCUT2D eigenvalue weighted by molar-refractivity contribution is 7.17. The maximum absolute atomic E-state index is 11.3. The molecule has 3 rings (SSSR count). The van der Waals surface area contributed by atoms with Crippen LogP contribution in [-0.4, -0.2) is 15.9 Å². The Balaban J connectivity index is 2.46. The molecule has 0 bridgehead atoms. The van der Waals surface area contributed by atoms with Gasteiger partial charge in [-0.3, -0.25) is 4.79 Å². The second kappa shape index (κ2) is 2.39. The predicted octanol–water partition coefficient (Wildman–Crippen LogP) is 1.66. The molecule has 1 aliphatic heterocycles. The second-order valence-corrected chi connectivity index (χ2v) is 3.84. The number of pyridine rings is 1. The zero-order valence-electron chi connectivity index (χ0n) is 7.07. The number of anilines is 1. The average Bonchev–Trinajstić information content (AvgIpc) is 2.72. The highest BCUT2D eigenvalue weighted by atomic mass is 32.1. The number of fused-ring (bicyclic) bond motifs is 3. The molecule has 0 fully saturated rings. The van der Waals surface area contributed by atoms with Crippen molar-refractivity contribution in [2.75, 3.05) is 5.32 Å². The second-order valence-electron chi connectivity index (χ2n) is 2.98. The van der Waals surface area contributed by atoms with Crippen LogP contribution >= 0.6 is 11.3 Å². The molecule has 1 aliphatic rings. The van der Waals surface area contributed by atoms with Crippen molar-refractivity contribution >= 4 is 38.9 Å². The van der Waals surface area contributed by atoms with E-state index in [2.05, 4.69) is 21.9 Å². The monoisotopic (exact) mass is 203 g/mol. The van der Waals surface area contributed by atoms with Crippen LogP contribution in [-0.2, 0) is 4.79 Å². The van der Waals surface area contributed by atoms with E-state index in [0.717, 1.165) is 15.8 Å². The van der Waals surface area contributed by atoms with Crippen LogP contribution in [0.3, 0.4) is 0 Å². The predicted molar refractivity (Wildman–Crippen MR) is 55.1 cm³/mol. The first-order chi connectivity index (χ1) is 6.77. The lowest BCUT2D eigenvalue weighted by molar-refractivity contribution is -0.110. The zero-order chi connectivity index (χ0) is 9.71. The quantitative estimate of drug-likeness (QED) is 0.662. The Labute approximate surface area is 83.3 Å². The molecular weight excluding hydrogens is 198 g/mol. The van der Waals surface area contributed by atoms with Gasteiger partial charge in [0.05, 0.1) is 16.4 Å². The summed E-state index contributed by atoms with van der Waals surface area (Å²) in [7, 11) is 0. The molecule has 68 valence electrons. The Kier molecular flexibility index (Phi) is 1.30. The molecule has 0 aromatic carbocycles. The number of carbonyl (C=O) groups excluding carboxylic acids is 1. The van der Waals surface area contributed by atoms with Crippen molar-refractivity contribution in [3.8, 4) is 0 Å². The number of nitrogens with zero attached hydrogens (tertiary/aromatic N) is 2. The molecule has 5 heteroatoms. The summed E-state index contributed by atoms with van der Waals surface area (Å²) in [5.41, 5.74) is 3.83. The lowest BCUT2D eigenvalue weighted by Gasteiger charge is -1.96. The number of rotatable bonds is 0. The normalized spacial score (nSPS) is 14.6. The Morgan fingerprint density at radius 1 is 1.43 bits per heavy atom. The molecule has 0 radical (unpaired) electrons. The van der Waals surface area contributed by atoms with Crippen LogP contribution < -0.4 is 5.32 Å². The van der Waals surface area contributed by atoms with Crippen molar-refractivity contribution in [1.29, 1.82) is 0 Å². The topological polar surface area (TPSA) is 54.9 Å². The molecule has 1 N–H and O–H groups in total. The van der Waals surface area contributed by atoms with Gasteiger partial charge in [0.1, 0.15) is 11.3 Å². The van der Waals surface area contributed by atoms with Crippen LogP contribution in [0.4, 0.5) is 5.82 Å². The largest absolute Gasteiger partial charge is 0.306 e. The highest BCUT2D eigenvalue weighted by Gasteiger charge is 2.26. The van der Waals surface area contributed by atoms with E-state index in [1.165, 1.54) is 11.3 Å². The molecule has 0 spiro atoms. The van der Waals surface area contributed by atoms with Gasteiger partial charge in [0.15, 0.2) is 0 Å². The van der Waals surface area contributed by atoms with Gasteiger partial charge in [0.25, 0.3) is 5.91 Å². The molecular formula is C9H5N3OS. The standard InChI is InChI=1S/C9H5N3OS/c1-4-6-7-5(11-3-14-7)2-10-8(6)12-9(4)13/h2-3H,1H2,(H,10,12,13). The fourth-order valence-corrected chi connectivity index (χ4v) is 2.34. The Bertz CT molecular complexity index is 572. The van der Waals surface area contributed by atoms with E-state index in [9.17, 15) is 4.79 Å². The highest BCUT2D eigenvalue weighted by Crippen LogP contribution is 2.36. The number of aromatic nitrogens is 2. The number of amides is 1. The Hall–Kier alpha value is -1.75. The lowest BCUT2D eigenvalue weighted by atomic mass is 10.1. The van der Waals surface area contributed by atoms with Crippen molar-refractivity contribution in [3.63, 3.8) is 0 Å². The van der Waals surface area contributed by atoms with Gasteiger partial charge in [-0.05, 0) is 0 Å². The maximum Gasteiger partial charge on any atom is 0.257 e. The van der Waals surface area contributed by atoms with Crippen LogP contribution in [0.25, 0.3) is 15.8 Å². The molecule has 0 saturated carbocycles. The van der Waals surface area contributed by atoms with E-state index >= 15 is 0 Å². The summed E-state index contributed by atoms with van der Waals surface area (Å²) in [5.74, 6) is 0.421. The van der Waals surface area contributed by atoms with Gasteiger partial charge in [-0.25, -0.2) is 9.97 Å². The van der Waals surface area contributed by atoms with Gasteiger partial charge in [-0.1, -0.05) is 6.58 Å². The first kappa shape index (κ1) is 7.64. The van der Waals surface area contributed by atoms with E-state index in [-0.39, 0.29) is 5.91 Å². The summed E-state index contributed by atoms with van der Waals surface area (Å²) in [6.07, 6.45) is 1.66. The van der Waals surface area contributed by atoms with Crippen LogP contribution in [0.15, 0.2) is 18.3 Å². The molecule has 3 heterocycles. The molecule has 2 aromatic heterocycles. The number of carbonyl (C=O) groups is 1. The summed E-state index contributed by atoms with van der Waals surface area (Å²) in [6.45, 7) is 3.73. The molecule has 1 amide bonds. The van der Waals surface area contributed by atoms with Crippen LogP contribution in [0.1, 0.15) is 5.56 Å². The zero-order valence-corrected chi connectivity index (χ0v) is 7.89. The van der Waals surface area contributed by atoms with Gasteiger partial charge < -0.3 is 5.32 Å². The van der Waals surface area contributed by atoms with E-state index in [4.69, 9.17) is 0 Å². The molecule has 0 saturated heterocycles. The van der Waals surface area contributed by atoms with Crippen molar-refractivity contribution in [3.05, 3.63) is 23.8 Å². The summed E-state index contributed by atoms with van der Waals surface area (Å²) >= 11 is 1.49. The SMILES string of the molecule is C=C1C(=O)Nc2ncc3ncsc3c21. The first-order valence-electron chi connectivity index (χ1n) is 4.00. The fraction of sp³-hybridized carbons (Fsp3) is 0. The smallest absolute Gasteiger partial charge is 0.257 e. The maximum atomic E-state index is 11.3. The average molecular weight is 203 g/mol. The molecule has 0 unspecified atom stereocenters. The fourth-order valence-electron chi connectivity index (χ4n) is 1.50. The number of hydrogen-bond donors (Lipinski definition) is 1. The molecule has 4 nitrogen and oxygen atoms in total. The van der Waals surface area contributed by atoms with E-state index in [1.54, 1.807) is 11.7 Å². The molecule has 0 atom stereocenters. The number of nitrogens with one attached hydrogen (secondary N) is 1. The minimum atomic E-state index is -0.173. The molecule has 2 aromatic rings. The number of hydrogen-bond acceptors (Lipinski definition) is 4. The first-order valence-corrected chi connectivity index (χ1v) is 4.88. The van der Waals surface area contributed by atoms with Crippen LogP contribution in [0.2, 0.25) is 0 Å². The van der Waals surface area contributed by atoms with Crippen molar-refractivity contribution in [2.45, 2.75) is 0 Å². The van der Waals surface area contributed by atoms with Crippen molar-refractivity contribution in [2.24, 2.45) is 0 Å². The minimum absolute atomic E-state index is 0.173. The lowest BCUT2D eigenvalue weighted by Crippen LogP contribution is -2.03. The van der Waals surface area contributed by atoms with E-state index < -0.39 is 0 Å². The van der Waals surface area contributed by atoms with Gasteiger partial charge in [0.2, 0.25) is 0 Å². The van der Waals surface area contributed by atoms with Crippen LogP contribution in [0.5, 0.6) is 0 Å². The summed E-state index contributed by atoms with van der Waals surface area (Å²) in [6, 6.07) is 0. The third-order valence-electron chi connectivity index (χ3n) is 2.18. The number of thiazole rings is 1. The third-order valence-corrected chi connectivity index (χ3v) is 3.04. The van der Waals surface area contributed by atoms with Gasteiger partial charge in [-0.15, -0.1) is 11.3 Å². The Morgan fingerprint density at radius 2 is 2.29 bits per heavy atom. The summed E-state index contributed by atoms with van der Waals surface area (Å²) in [4.78, 5) is 19.6. The minimum Gasteiger partial charge on any atom is -0.306 e. The van der Waals surface area contributed by atoms with Gasteiger partial charge >= 0.3 is 0 Å². The Morgan fingerprint density at radius 3 is 3.14 bits per heavy atom. The molecule has 14 heavy (non-hydrogen) atoms. The van der Waals surface area contributed by atoms with E-state index in [0.29, 0.717) is 11.4 Å². The van der Waals surface area contributed by atoms with E-state index in [1.807, 2.05) is 0 Å². The van der Waals surface area contributed by atoms with Crippen LogP contribution in [0, 0.1) is 0 Å².